The quantitative estimate of drug-likeness (QED) is 0.816. The number of carbonyl (C=O) groups excluding carboxylic acids is 1. The summed E-state index contributed by atoms with van der Waals surface area (Å²) < 4.78 is 1.86. The minimum Gasteiger partial charge on any atom is -0.273 e. The molecule has 1 amide bonds. The number of rotatable bonds is 4. The molecule has 8 heteroatoms. The number of aryl methyl sites for hydroxylation is 1. The fourth-order valence-corrected chi connectivity index (χ4v) is 5.89. The summed E-state index contributed by atoms with van der Waals surface area (Å²) in [7, 11) is 0. The first-order chi connectivity index (χ1) is 13.1. The summed E-state index contributed by atoms with van der Waals surface area (Å²) in [4.78, 5) is 17.8. The van der Waals surface area contributed by atoms with E-state index in [1.54, 1.807) is 28.7 Å². The minimum atomic E-state index is -0.0470. The van der Waals surface area contributed by atoms with Crippen LogP contribution < -0.4 is 0 Å². The Kier molecular flexibility index (Phi) is 3.69. The summed E-state index contributed by atoms with van der Waals surface area (Å²) in [5.41, 5.74) is 1.72. The van der Waals surface area contributed by atoms with Crippen molar-refractivity contribution in [2.45, 2.75) is 45.2 Å². The van der Waals surface area contributed by atoms with Gasteiger partial charge in [0.15, 0.2) is 0 Å². The van der Waals surface area contributed by atoms with E-state index in [-0.39, 0.29) is 23.3 Å². The van der Waals surface area contributed by atoms with Crippen LogP contribution in [0.2, 0.25) is 0 Å². The van der Waals surface area contributed by atoms with Crippen molar-refractivity contribution in [3.8, 4) is 6.07 Å². The molecule has 27 heavy (non-hydrogen) atoms. The highest BCUT2D eigenvalue weighted by Crippen LogP contribution is 2.63. The molecule has 2 atom stereocenters. The first-order valence-corrected chi connectivity index (χ1v) is 10.1. The lowest BCUT2D eigenvalue weighted by atomic mass is 9.69. The largest absolute Gasteiger partial charge is 0.273 e. The van der Waals surface area contributed by atoms with Crippen LogP contribution in [0.25, 0.3) is 0 Å². The topological polar surface area (TPSA) is 87.2 Å². The Balaban J connectivity index is 1.29. The van der Waals surface area contributed by atoms with E-state index in [1.165, 1.54) is 0 Å². The van der Waals surface area contributed by atoms with Crippen LogP contribution in [0.15, 0.2) is 22.9 Å². The monoisotopic (exact) mass is 380 g/mol. The van der Waals surface area contributed by atoms with Gasteiger partial charge in [0.1, 0.15) is 17.1 Å². The molecule has 0 aromatic carbocycles. The van der Waals surface area contributed by atoms with Crippen molar-refractivity contribution in [1.29, 1.82) is 5.26 Å². The maximum absolute atomic E-state index is 13.2. The highest BCUT2D eigenvalue weighted by molar-refractivity contribution is 7.09. The number of hydrogen-bond acceptors (Lipinski definition) is 6. The first-order valence-electron chi connectivity index (χ1n) is 9.27. The predicted octanol–water partition coefficient (Wildman–Crippen LogP) is 2.90. The molecule has 2 unspecified atom stereocenters. The molecule has 138 valence electrons. The number of hydrogen-bond donors (Lipinski definition) is 0. The van der Waals surface area contributed by atoms with Gasteiger partial charge in [-0.15, -0.1) is 11.3 Å². The smallest absolute Gasteiger partial charge is 0.246 e. The van der Waals surface area contributed by atoms with Crippen LogP contribution in [0.3, 0.4) is 0 Å². The van der Waals surface area contributed by atoms with Gasteiger partial charge in [0.2, 0.25) is 5.91 Å². The molecular formula is C19H20N6OS. The molecule has 2 aromatic rings. The van der Waals surface area contributed by atoms with Crippen LogP contribution >= 0.6 is 11.3 Å². The number of fused-ring (bicyclic) bond motifs is 1. The summed E-state index contributed by atoms with van der Waals surface area (Å²) in [6.07, 6.45) is 8.97. The van der Waals surface area contributed by atoms with Crippen LogP contribution in [-0.4, -0.2) is 31.9 Å². The van der Waals surface area contributed by atoms with E-state index in [0.717, 1.165) is 42.9 Å². The summed E-state index contributed by atoms with van der Waals surface area (Å²) in [6.45, 7) is 2.76. The van der Waals surface area contributed by atoms with Crippen molar-refractivity contribution >= 4 is 23.5 Å². The van der Waals surface area contributed by atoms with E-state index in [0.29, 0.717) is 11.5 Å². The Labute approximate surface area is 161 Å². The van der Waals surface area contributed by atoms with Crippen molar-refractivity contribution in [2.75, 3.05) is 0 Å². The van der Waals surface area contributed by atoms with E-state index < -0.39 is 0 Å². The maximum atomic E-state index is 13.2. The van der Waals surface area contributed by atoms with Gasteiger partial charge in [0, 0.05) is 42.4 Å². The number of amides is 1. The van der Waals surface area contributed by atoms with Crippen molar-refractivity contribution in [3.05, 3.63) is 34.0 Å². The third-order valence-electron chi connectivity index (χ3n) is 6.17. The van der Waals surface area contributed by atoms with Crippen molar-refractivity contribution in [1.82, 2.24) is 19.8 Å². The molecule has 2 aromatic heterocycles. The van der Waals surface area contributed by atoms with Crippen LogP contribution in [-0.2, 0) is 11.3 Å². The summed E-state index contributed by atoms with van der Waals surface area (Å²) in [5.74, 6) is 0.622. The second-order valence-electron chi connectivity index (χ2n) is 8.08. The first kappa shape index (κ1) is 16.6. The molecule has 1 aliphatic heterocycles. The molecule has 0 saturated heterocycles. The van der Waals surface area contributed by atoms with Gasteiger partial charge in [-0.1, -0.05) is 0 Å². The molecule has 3 aliphatic carbocycles. The van der Waals surface area contributed by atoms with E-state index in [1.807, 2.05) is 23.2 Å². The number of aromatic nitrogens is 3. The van der Waals surface area contributed by atoms with Gasteiger partial charge in [-0.25, -0.2) is 9.99 Å². The second kappa shape index (κ2) is 5.99. The molecule has 3 fully saturated rings. The lowest BCUT2D eigenvalue weighted by molar-refractivity contribution is -0.138. The molecule has 2 bridgehead atoms. The molecule has 0 spiro atoms. The molecule has 0 N–H and O–H groups in total. The Bertz CT molecular complexity index is 963. The third kappa shape index (κ3) is 2.69. The number of nitrogens with zero attached hydrogens (tertiary/aromatic N) is 6. The molecular weight excluding hydrogens is 360 g/mol. The van der Waals surface area contributed by atoms with Gasteiger partial charge in [-0.2, -0.15) is 15.5 Å². The number of carbonyl (C=O) groups is 1. The van der Waals surface area contributed by atoms with E-state index in [2.05, 4.69) is 21.3 Å². The van der Waals surface area contributed by atoms with Crippen LogP contribution in [0, 0.1) is 35.5 Å². The summed E-state index contributed by atoms with van der Waals surface area (Å²) in [5, 5.41) is 22.3. The normalized spacial score (nSPS) is 31.1. The number of hydrazone groups is 1. The van der Waals surface area contributed by atoms with Crippen LogP contribution in [0.1, 0.15) is 48.0 Å². The van der Waals surface area contributed by atoms with E-state index in [4.69, 9.17) is 5.26 Å². The maximum Gasteiger partial charge on any atom is 0.246 e. The molecule has 7 nitrogen and oxygen atoms in total. The van der Waals surface area contributed by atoms with Crippen molar-refractivity contribution in [2.24, 2.45) is 22.4 Å². The van der Waals surface area contributed by atoms with Crippen molar-refractivity contribution < 1.29 is 4.79 Å². The Morgan fingerprint density at radius 3 is 3.00 bits per heavy atom. The van der Waals surface area contributed by atoms with Crippen LogP contribution in [0.4, 0.5) is 0 Å². The molecule has 6 rings (SSSR count). The third-order valence-corrected chi connectivity index (χ3v) is 7.23. The standard InChI is InChI=1S/C19H20N6OS/c1-12-10-27-17(23-12)16-2-3-21-25(16)18(26)15-6-19(4-14(15)5-19)11-24-9-13(7-20)8-22-24/h3,8-10,14-16H,2,4-6,11H2,1H3. The van der Waals surface area contributed by atoms with Gasteiger partial charge in [-0.05, 0) is 37.5 Å². The molecule has 4 aliphatic rings. The zero-order valence-corrected chi connectivity index (χ0v) is 15.9. The Morgan fingerprint density at radius 2 is 2.30 bits per heavy atom. The fourth-order valence-electron chi connectivity index (χ4n) is 5.00. The highest BCUT2D eigenvalue weighted by atomic mass is 32.1. The lowest BCUT2D eigenvalue weighted by Crippen LogP contribution is -2.35. The average Bonchev–Trinajstić information content (AvgIpc) is 3.42. The van der Waals surface area contributed by atoms with Gasteiger partial charge in [0.05, 0.1) is 11.8 Å². The second-order valence-corrected chi connectivity index (χ2v) is 8.97. The summed E-state index contributed by atoms with van der Waals surface area (Å²) in [6, 6.07) is 2.07. The molecule has 3 saturated carbocycles. The van der Waals surface area contributed by atoms with Gasteiger partial charge < -0.3 is 0 Å². The van der Waals surface area contributed by atoms with Gasteiger partial charge in [-0.3, -0.25) is 9.48 Å². The SMILES string of the molecule is Cc1csc(C2CC=NN2C(=O)C2CC3(Cn4cc(C#N)cn4)CC2C3)n1. The lowest BCUT2D eigenvalue weighted by Gasteiger charge is -2.38. The number of thiazole rings is 1. The van der Waals surface area contributed by atoms with Crippen molar-refractivity contribution in [3.63, 3.8) is 0 Å². The van der Waals surface area contributed by atoms with E-state index >= 15 is 0 Å². The fraction of sp³-hybridized carbons (Fsp3) is 0.526. The highest BCUT2D eigenvalue weighted by Gasteiger charge is 2.59. The summed E-state index contributed by atoms with van der Waals surface area (Å²) >= 11 is 1.60. The zero-order chi connectivity index (χ0) is 18.6. The number of nitriles is 1. The van der Waals surface area contributed by atoms with Crippen LogP contribution in [0.5, 0.6) is 0 Å². The van der Waals surface area contributed by atoms with Gasteiger partial charge >= 0.3 is 0 Å². The molecule has 0 radical (unpaired) electrons. The Hall–Kier alpha value is -2.53. The zero-order valence-electron chi connectivity index (χ0n) is 15.1. The van der Waals surface area contributed by atoms with E-state index in [9.17, 15) is 4.79 Å². The Morgan fingerprint density at radius 1 is 1.44 bits per heavy atom. The molecule has 3 heterocycles. The average molecular weight is 380 g/mol. The predicted molar refractivity (Wildman–Crippen MR) is 99.8 cm³/mol. The van der Waals surface area contributed by atoms with Gasteiger partial charge in [0.25, 0.3) is 0 Å². The minimum absolute atomic E-state index is 0.0369.